The fraction of sp³-hybridized carbons (Fsp3) is 0.562. The van der Waals surface area contributed by atoms with E-state index in [1.807, 2.05) is 0 Å². The van der Waals surface area contributed by atoms with Crippen LogP contribution in [0.2, 0.25) is 0 Å². The molecular weight excluding hydrogens is 252 g/mol. The average molecular weight is 276 g/mol. The van der Waals surface area contributed by atoms with Gasteiger partial charge in [0.05, 0.1) is 19.1 Å². The third-order valence-corrected chi connectivity index (χ3v) is 3.58. The van der Waals surface area contributed by atoms with Gasteiger partial charge in [0.2, 0.25) is 5.91 Å². The van der Waals surface area contributed by atoms with Gasteiger partial charge in [-0.15, -0.1) is 0 Å². The number of carbonyl (C=O) groups excluding carboxylic acids is 1. The summed E-state index contributed by atoms with van der Waals surface area (Å²) < 4.78 is 5.52. The predicted molar refractivity (Wildman–Crippen MR) is 79.8 cm³/mol. The lowest BCUT2D eigenvalue weighted by Crippen LogP contribution is -2.41. The monoisotopic (exact) mass is 276 g/mol. The van der Waals surface area contributed by atoms with Crippen LogP contribution in [0.3, 0.4) is 0 Å². The molecule has 1 saturated heterocycles. The summed E-state index contributed by atoms with van der Waals surface area (Å²) in [6.07, 6.45) is 2.40. The van der Waals surface area contributed by atoms with Gasteiger partial charge < -0.3 is 15.4 Å². The lowest BCUT2D eigenvalue weighted by molar-refractivity contribution is -0.124. The van der Waals surface area contributed by atoms with Gasteiger partial charge in [0.15, 0.2) is 0 Å². The van der Waals surface area contributed by atoms with E-state index in [2.05, 4.69) is 41.8 Å². The molecule has 1 fully saturated rings. The van der Waals surface area contributed by atoms with E-state index < -0.39 is 0 Å². The zero-order chi connectivity index (χ0) is 14.2. The second kappa shape index (κ2) is 8.02. The largest absolute Gasteiger partial charge is 0.375 e. The van der Waals surface area contributed by atoms with Crippen LogP contribution in [0.15, 0.2) is 24.3 Å². The number of rotatable bonds is 6. The summed E-state index contributed by atoms with van der Waals surface area (Å²) in [5.74, 6) is 0.0730. The van der Waals surface area contributed by atoms with Crippen LogP contribution in [0.25, 0.3) is 0 Å². The highest BCUT2D eigenvalue weighted by molar-refractivity contribution is 5.76. The van der Waals surface area contributed by atoms with Gasteiger partial charge in [-0.05, 0) is 24.0 Å². The van der Waals surface area contributed by atoms with Crippen molar-refractivity contribution < 1.29 is 9.53 Å². The highest BCUT2D eigenvalue weighted by Gasteiger charge is 2.16. The molecule has 1 aromatic carbocycles. The van der Waals surface area contributed by atoms with E-state index in [1.165, 1.54) is 11.1 Å². The molecule has 0 aromatic heterocycles. The molecule has 110 valence electrons. The van der Waals surface area contributed by atoms with Crippen molar-refractivity contribution in [3.8, 4) is 0 Å². The number of benzene rings is 1. The smallest absolute Gasteiger partial charge is 0.222 e. The van der Waals surface area contributed by atoms with Crippen LogP contribution < -0.4 is 10.6 Å². The van der Waals surface area contributed by atoms with Crippen molar-refractivity contribution >= 4 is 5.91 Å². The van der Waals surface area contributed by atoms with Crippen LogP contribution in [0, 0.1) is 0 Å². The van der Waals surface area contributed by atoms with E-state index in [0.29, 0.717) is 19.6 Å². The van der Waals surface area contributed by atoms with Crippen LogP contribution in [0.4, 0.5) is 0 Å². The Labute approximate surface area is 120 Å². The third-order valence-electron chi connectivity index (χ3n) is 3.58. The molecule has 0 aliphatic carbocycles. The number of hydrogen-bond acceptors (Lipinski definition) is 3. The van der Waals surface area contributed by atoms with Crippen molar-refractivity contribution in [2.75, 3.05) is 26.2 Å². The maximum Gasteiger partial charge on any atom is 0.222 e. The number of amides is 1. The van der Waals surface area contributed by atoms with Crippen molar-refractivity contribution in [3.63, 3.8) is 0 Å². The predicted octanol–water partition coefficient (Wildman–Crippen LogP) is 1.29. The summed E-state index contributed by atoms with van der Waals surface area (Å²) in [5.41, 5.74) is 2.61. The molecule has 0 unspecified atom stereocenters. The van der Waals surface area contributed by atoms with Gasteiger partial charge in [0.25, 0.3) is 0 Å². The van der Waals surface area contributed by atoms with Gasteiger partial charge in [-0.3, -0.25) is 4.79 Å². The van der Waals surface area contributed by atoms with Crippen molar-refractivity contribution in [2.45, 2.75) is 32.3 Å². The first-order chi connectivity index (χ1) is 9.78. The SMILES string of the molecule is CCc1ccc(CCNC(=O)C[C@H]2CNCCO2)cc1. The molecule has 0 saturated carbocycles. The molecule has 0 radical (unpaired) electrons. The summed E-state index contributed by atoms with van der Waals surface area (Å²) in [4.78, 5) is 11.8. The molecule has 0 bridgehead atoms. The molecule has 0 spiro atoms. The van der Waals surface area contributed by atoms with E-state index in [-0.39, 0.29) is 12.0 Å². The van der Waals surface area contributed by atoms with Gasteiger partial charge >= 0.3 is 0 Å². The Morgan fingerprint density at radius 1 is 1.35 bits per heavy atom. The summed E-state index contributed by atoms with van der Waals surface area (Å²) in [7, 11) is 0. The van der Waals surface area contributed by atoms with Crippen molar-refractivity contribution in [1.82, 2.24) is 10.6 Å². The second-order valence-corrected chi connectivity index (χ2v) is 5.17. The highest BCUT2D eigenvalue weighted by atomic mass is 16.5. The van der Waals surface area contributed by atoms with Crippen molar-refractivity contribution in [2.24, 2.45) is 0 Å². The maximum absolute atomic E-state index is 11.8. The van der Waals surface area contributed by atoms with Crippen LogP contribution in [-0.2, 0) is 22.4 Å². The Morgan fingerprint density at radius 3 is 2.75 bits per heavy atom. The van der Waals surface area contributed by atoms with Crippen molar-refractivity contribution in [3.05, 3.63) is 35.4 Å². The topological polar surface area (TPSA) is 50.4 Å². The Morgan fingerprint density at radius 2 is 2.10 bits per heavy atom. The summed E-state index contributed by atoms with van der Waals surface area (Å²) in [6.45, 7) is 5.18. The fourth-order valence-electron chi connectivity index (χ4n) is 2.32. The molecular formula is C16H24N2O2. The van der Waals surface area contributed by atoms with Crippen LogP contribution in [-0.4, -0.2) is 38.3 Å². The van der Waals surface area contributed by atoms with Gasteiger partial charge in [-0.2, -0.15) is 0 Å². The number of ether oxygens (including phenoxy) is 1. The minimum Gasteiger partial charge on any atom is -0.375 e. The van der Waals surface area contributed by atoms with Crippen LogP contribution >= 0.6 is 0 Å². The number of aryl methyl sites for hydroxylation is 1. The Bertz CT molecular complexity index is 411. The molecule has 4 heteroatoms. The first kappa shape index (κ1) is 15.0. The van der Waals surface area contributed by atoms with E-state index >= 15 is 0 Å². The van der Waals surface area contributed by atoms with Crippen molar-refractivity contribution in [1.29, 1.82) is 0 Å². The molecule has 1 amide bonds. The summed E-state index contributed by atoms with van der Waals surface area (Å²) in [5, 5.41) is 6.19. The molecule has 1 aliphatic heterocycles. The van der Waals surface area contributed by atoms with E-state index in [1.54, 1.807) is 0 Å². The molecule has 2 N–H and O–H groups in total. The van der Waals surface area contributed by atoms with Gasteiger partial charge in [-0.1, -0.05) is 31.2 Å². The molecule has 1 aliphatic rings. The molecule has 1 aromatic rings. The van der Waals surface area contributed by atoms with Gasteiger partial charge in [0, 0.05) is 19.6 Å². The van der Waals surface area contributed by atoms with Gasteiger partial charge in [-0.25, -0.2) is 0 Å². The molecule has 1 heterocycles. The number of carbonyl (C=O) groups is 1. The molecule has 1 atom stereocenters. The zero-order valence-electron chi connectivity index (χ0n) is 12.2. The minimum atomic E-state index is 0.0209. The summed E-state index contributed by atoms with van der Waals surface area (Å²) >= 11 is 0. The maximum atomic E-state index is 11.8. The highest BCUT2D eigenvalue weighted by Crippen LogP contribution is 2.05. The first-order valence-corrected chi connectivity index (χ1v) is 7.44. The average Bonchev–Trinajstić information content (AvgIpc) is 2.49. The lowest BCUT2D eigenvalue weighted by atomic mass is 10.1. The molecule has 20 heavy (non-hydrogen) atoms. The lowest BCUT2D eigenvalue weighted by Gasteiger charge is -2.23. The van der Waals surface area contributed by atoms with E-state index in [9.17, 15) is 4.79 Å². The second-order valence-electron chi connectivity index (χ2n) is 5.17. The van der Waals surface area contributed by atoms with Crippen LogP contribution in [0.5, 0.6) is 0 Å². The number of hydrogen-bond donors (Lipinski definition) is 2. The number of morpholine rings is 1. The standard InChI is InChI=1S/C16H24N2O2/c1-2-13-3-5-14(6-4-13)7-8-18-16(19)11-15-12-17-9-10-20-15/h3-6,15,17H,2,7-12H2,1H3,(H,18,19)/t15-/m0/s1. The fourth-order valence-corrected chi connectivity index (χ4v) is 2.32. The molecule has 2 rings (SSSR count). The Balaban J connectivity index is 1.65. The zero-order valence-corrected chi connectivity index (χ0v) is 12.2. The Hall–Kier alpha value is -1.39. The third kappa shape index (κ3) is 4.94. The number of nitrogens with one attached hydrogen (secondary N) is 2. The van der Waals surface area contributed by atoms with E-state index in [4.69, 9.17) is 4.74 Å². The van der Waals surface area contributed by atoms with Crippen LogP contribution in [0.1, 0.15) is 24.5 Å². The van der Waals surface area contributed by atoms with E-state index in [0.717, 1.165) is 25.9 Å². The normalized spacial score (nSPS) is 18.8. The summed E-state index contributed by atoms with van der Waals surface area (Å²) in [6, 6.07) is 8.58. The first-order valence-electron chi connectivity index (χ1n) is 7.44. The van der Waals surface area contributed by atoms with Gasteiger partial charge in [0.1, 0.15) is 0 Å². The molecule has 4 nitrogen and oxygen atoms in total. The minimum absolute atomic E-state index is 0.0209. The Kier molecular flexibility index (Phi) is 6.02. The quantitative estimate of drug-likeness (QED) is 0.823.